The number of rotatable bonds is 5. The zero-order valence-electron chi connectivity index (χ0n) is 12.0. The molecular weight excluding hydrogens is 255 g/mol. The van der Waals surface area contributed by atoms with Crippen LogP contribution in [0.1, 0.15) is 24.7 Å². The van der Waals surface area contributed by atoms with E-state index in [0.717, 1.165) is 24.5 Å². The van der Waals surface area contributed by atoms with Crippen LogP contribution in [0.15, 0.2) is 24.3 Å². The monoisotopic (exact) mass is 274 g/mol. The number of halogens is 1. The van der Waals surface area contributed by atoms with Gasteiger partial charge in [-0.05, 0) is 44.0 Å². The van der Waals surface area contributed by atoms with Gasteiger partial charge in [-0.3, -0.25) is 0 Å². The molecule has 4 nitrogen and oxygen atoms in total. The molecule has 106 valence electrons. The maximum atomic E-state index is 13.2. The van der Waals surface area contributed by atoms with Crippen molar-refractivity contribution in [2.45, 2.75) is 27.2 Å². The lowest BCUT2D eigenvalue weighted by atomic mass is 10.2. The van der Waals surface area contributed by atoms with Gasteiger partial charge in [-0.1, -0.05) is 6.92 Å². The first-order valence-electron chi connectivity index (χ1n) is 6.71. The van der Waals surface area contributed by atoms with Gasteiger partial charge in [-0.2, -0.15) is 0 Å². The Morgan fingerprint density at radius 1 is 1.10 bits per heavy atom. The van der Waals surface area contributed by atoms with Gasteiger partial charge in [-0.25, -0.2) is 14.4 Å². The van der Waals surface area contributed by atoms with Gasteiger partial charge in [-0.15, -0.1) is 0 Å². The Hall–Kier alpha value is -2.17. The van der Waals surface area contributed by atoms with E-state index in [4.69, 9.17) is 0 Å². The molecule has 0 bridgehead atoms. The van der Waals surface area contributed by atoms with Crippen molar-refractivity contribution in [1.29, 1.82) is 0 Å². The summed E-state index contributed by atoms with van der Waals surface area (Å²) < 4.78 is 13.2. The predicted octanol–water partition coefficient (Wildman–Crippen LogP) is 3.80. The number of nitrogens with zero attached hydrogens (tertiary/aromatic N) is 2. The molecule has 0 spiro atoms. The van der Waals surface area contributed by atoms with Crippen LogP contribution in [0.25, 0.3) is 0 Å². The Kier molecular flexibility index (Phi) is 4.50. The number of nitrogens with one attached hydrogen (secondary N) is 2. The smallest absolute Gasteiger partial charge is 0.136 e. The predicted molar refractivity (Wildman–Crippen MR) is 80.0 cm³/mol. The van der Waals surface area contributed by atoms with Crippen LogP contribution < -0.4 is 10.6 Å². The second-order valence-electron chi connectivity index (χ2n) is 4.70. The summed E-state index contributed by atoms with van der Waals surface area (Å²) in [4.78, 5) is 8.66. The maximum Gasteiger partial charge on any atom is 0.136 e. The first kappa shape index (κ1) is 14.2. The van der Waals surface area contributed by atoms with Crippen LogP contribution in [0.2, 0.25) is 0 Å². The molecule has 2 rings (SSSR count). The van der Waals surface area contributed by atoms with Crippen molar-refractivity contribution in [1.82, 2.24) is 9.97 Å². The largest absolute Gasteiger partial charge is 0.370 e. The molecule has 2 aromatic rings. The lowest BCUT2D eigenvalue weighted by Crippen LogP contribution is -2.05. The highest BCUT2D eigenvalue weighted by Gasteiger charge is 2.04. The van der Waals surface area contributed by atoms with E-state index in [1.165, 1.54) is 6.07 Å². The molecule has 0 aliphatic heterocycles. The second-order valence-corrected chi connectivity index (χ2v) is 4.70. The standard InChI is InChI=1S/C15H19FN4/c1-4-7-17-14-9-15(19-11(3)18-14)20-12-5-6-13(16)10(2)8-12/h5-6,8-9H,4,7H2,1-3H3,(H2,17,18,19,20). The molecule has 0 radical (unpaired) electrons. The van der Waals surface area contributed by atoms with Crippen molar-refractivity contribution in [3.8, 4) is 0 Å². The normalized spacial score (nSPS) is 10.4. The van der Waals surface area contributed by atoms with E-state index in [2.05, 4.69) is 27.5 Å². The Labute approximate surface area is 118 Å². The van der Waals surface area contributed by atoms with Gasteiger partial charge in [0.1, 0.15) is 23.3 Å². The first-order chi connectivity index (χ1) is 9.58. The summed E-state index contributed by atoms with van der Waals surface area (Å²) in [5.41, 5.74) is 1.41. The van der Waals surface area contributed by atoms with Crippen LogP contribution in [0.4, 0.5) is 21.7 Å². The molecule has 1 heterocycles. The van der Waals surface area contributed by atoms with E-state index in [-0.39, 0.29) is 5.82 Å². The van der Waals surface area contributed by atoms with E-state index in [9.17, 15) is 4.39 Å². The molecule has 2 N–H and O–H groups in total. The van der Waals surface area contributed by atoms with Crippen molar-refractivity contribution >= 4 is 17.3 Å². The van der Waals surface area contributed by atoms with Gasteiger partial charge in [0, 0.05) is 18.3 Å². The Bertz CT molecular complexity index is 598. The maximum absolute atomic E-state index is 13.2. The molecule has 0 saturated carbocycles. The van der Waals surface area contributed by atoms with Crippen molar-refractivity contribution in [2.24, 2.45) is 0 Å². The zero-order chi connectivity index (χ0) is 14.5. The fraction of sp³-hybridized carbons (Fsp3) is 0.333. The minimum atomic E-state index is -0.209. The molecule has 0 aliphatic carbocycles. The molecular formula is C15H19FN4. The fourth-order valence-corrected chi connectivity index (χ4v) is 1.85. The van der Waals surface area contributed by atoms with Crippen LogP contribution in [-0.2, 0) is 0 Å². The van der Waals surface area contributed by atoms with Crippen molar-refractivity contribution < 1.29 is 4.39 Å². The number of anilines is 3. The van der Waals surface area contributed by atoms with Crippen molar-refractivity contribution in [3.05, 3.63) is 41.5 Å². The molecule has 0 atom stereocenters. The van der Waals surface area contributed by atoms with Gasteiger partial charge < -0.3 is 10.6 Å². The SMILES string of the molecule is CCCNc1cc(Nc2ccc(F)c(C)c2)nc(C)n1. The van der Waals surface area contributed by atoms with Crippen LogP contribution in [0.5, 0.6) is 0 Å². The highest BCUT2D eigenvalue weighted by atomic mass is 19.1. The highest BCUT2D eigenvalue weighted by Crippen LogP contribution is 2.19. The molecule has 0 aliphatic rings. The summed E-state index contributed by atoms with van der Waals surface area (Å²) >= 11 is 0. The third-order valence-corrected chi connectivity index (χ3v) is 2.82. The minimum absolute atomic E-state index is 0.209. The van der Waals surface area contributed by atoms with E-state index in [1.807, 2.05) is 13.0 Å². The summed E-state index contributed by atoms with van der Waals surface area (Å²) in [6.07, 6.45) is 1.03. The highest BCUT2D eigenvalue weighted by molar-refractivity contribution is 5.60. The lowest BCUT2D eigenvalue weighted by molar-refractivity contribution is 0.619. The lowest BCUT2D eigenvalue weighted by Gasteiger charge is -2.10. The van der Waals surface area contributed by atoms with Gasteiger partial charge >= 0.3 is 0 Å². The van der Waals surface area contributed by atoms with Gasteiger partial charge in [0.15, 0.2) is 0 Å². The third-order valence-electron chi connectivity index (χ3n) is 2.82. The van der Waals surface area contributed by atoms with E-state index in [1.54, 1.807) is 19.1 Å². The second kappa shape index (κ2) is 6.32. The van der Waals surface area contributed by atoms with E-state index < -0.39 is 0 Å². The molecule has 0 fully saturated rings. The summed E-state index contributed by atoms with van der Waals surface area (Å²) in [5.74, 6) is 1.97. The topological polar surface area (TPSA) is 49.8 Å². The average molecular weight is 274 g/mol. The van der Waals surface area contributed by atoms with Gasteiger partial charge in [0.05, 0.1) is 0 Å². The third kappa shape index (κ3) is 3.66. The van der Waals surface area contributed by atoms with E-state index in [0.29, 0.717) is 17.2 Å². The Balaban J connectivity index is 2.19. The molecule has 0 amide bonds. The van der Waals surface area contributed by atoms with E-state index >= 15 is 0 Å². The van der Waals surface area contributed by atoms with Crippen LogP contribution >= 0.6 is 0 Å². The van der Waals surface area contributed by atoms with Crippen molar-refractivity contribution in [2.75, 3.05) is 17.2 Å². The van der Waals surface area contributed by atoms with Crippen LogP contribution in [-0.4, -0.2) is 16.5 Å². The Morgan fingerprint density at radius 3 is 2.55 bits per heavy atom. The molecule has 0 saturated heterocycles. The van der Waals surface area contributed by atoms with Gasteiger partial charge in [0.25, 0.3) is 0 Å². The zero-order valence-corrected chi connectivity index (χ0v) is 12.0. The number of benzene rings is 1. The fourth-order valence-electron chi connectivity index (χ4n) is 1.85. The molecule has 1 aromatic heterocycles. The molecule has 5 heteroatoms. The number of hydrogen-bond acceptors (Lipinski definition) is 4. The number of aromatic nitrogens is 2. The summed E-state index contributed by atoms with van der Waals surface area (Å²) in [5, 5.41) is 6.40. The van der Waals surface area contributed by atoms with Crippen LogP contribution in [0, 0.1) is 19.7 Å². The molecule has 1 aromatic carbocycles. The minimum Gasteiger partial charge on any atom is -0.370 e. The average Bonchev–Trinajstić information content (AvgIpc) is 2.40. The summed E-state index contributed by atoms with van der Waals surface area (Å²) in [6.45, 7) is 6.55. The molecule has 0 unspecified atom stereocenters. The van der Waals surface area contributed by atoms with Crippen molar-refractivity contribution in [3.63, 3.8) is 0 Å². The number of aryl methyl sites for hydroxylation is 2. The first-order valence-corrected chi connectivity index (χ1v) is 6.71. The molecule has 20 heavy (non-hydrogen) atoms. The summed E-state index contributed by atoms with van der Waals surface area (Å²) in [7, 11) is 0. The van der Waals surface area contributed by atoms with Gasteiger partial charge in [0.2, 0.25) is 0 Å². The Morgan fingerprint density at radius 2 is 1.85 bits per heavy atom. The number of hydrogen-bond donors (Lipinski definition) is 2. The summed E-state index contributed by atoms with van der Waals surface area (Å²) in [6, 6.07) is 6.74. The van der Waals surface area contributed by atoms with Crippen LogP contribution in [0.3, 0.4) is 0 Å². The quantitative estimate of drug-likeness (QED) is 0.870.